The largest absolute Gasteiger partial charge is 0.378 e. The fourth-order valence-electron chi connectivity index (χ4n) is 4.51. The molecule has 2 aromatic heterocycles. The number of nitro groups is 1. The lowest BCUT2D eigenvalue weighted by molar-refractivity contribution is -0.384. The average molecular weight is 457 g/mol. The predicted octanol–water partition coefficient (Wildman–Crippen LogP) is 4.52. The lowest BCUT2D eigenvalue weighted by Crippen LogP contribution is -2.41. The zero-order chi connectivity index (χ0) is 23.5. The van der Waals surface area contributed by atoms with Crippen LogP contribution in [-0.2, 0) is 9.53 Å². The molecule has 0 bridgehead atoms. The maximum absolute atomic E-state index is 13.2. The standard InChI is InChI=1S/C26H24N4O4/c31-26(29-10-12-34-13-11-29)16-22(18-4-3-5-20(14-18)30(32)33)23-17-28-25-15-19(7-8-21(23)25)24-6-1-2-9-27-24/h1-9,14-15,17,22,28H,10-13,16H2. The number of amides is 1. The Kier molecular flexibility index (Phi) is 6.05. The lowest BCUT2D eigenvalue weighted by atomic mass is 9.87. The molecule has 0 spiro atoms. The van der Waals surface area contributed by atoms with Gasteiger partial charge in [0.25, 0.3) is 5.69 Å². The summed E-state index contributed by atoms with van der Waals surface area (Å²) in [5.74, 6) is -0.316. The summed E-state index contributed by atoms with van der Waals surface area (Å²) in [4.78, 5) is 33.8. The molecule has 4 aromatic rings. The zero-order valence-electron chi connectivity index (χ0n) is 18.5. The number of aromatic amines is 1. The van der Waals surface area contributed by atoms with Gasteiger partial charge in [-0.3, -0.25) is 19.9 Å². The van der Waals surface area contributed by atoms with Crippen LogP contribution in [0.3, 0.4) is 0 Å². The number of morpholine rings is 1. The van der Waals surface area contributed by atoms with Crippen LogP contribution in [0.1, 0.15) is 23.5 Å². The van der Waals surface area contributed by atoms with Crippen molar-refractivity contribution in [1.82, 2.24) is 14.9 Å². The summed E-state index contributed by atoms with van der Waals surface area (Å²) < 4.78 is 5.38. The number of aromatic nitrogens is 2. The summed E-state index contributed by atoms with van der Waals surface area (Å²) in [5.41, 5.74) is 4.47. The smallest absolute Gasteiger partial charge is 0.269 e. The first-order valence-corrected chi connectivity index (χ1v) is 11.2. The van der Waals surface area contributed by atoms with E-state index in [2.05, 4.69) is 9.97 Å². The van der Waals surface area contributed by atoms with E-state index in [1.54, 1.807) is 18.3 Å². The minimum Gasteiger partial charge on any atom is -0.378 e. The number of nitrogens with zero attached hydrogens (tertiary/aromatic N) is 3. The third-order valence-corrected chi connectivity index (χ3v) is 6.28. The number of pyridine rings is 1. The molecule has 0 saturated carbocycles. The van der Waals surface area contributed by atoms with E-state index >= 15 is 0 Å². The van der Waals surface area contributed by atoms with Crippen LogP contribution in [-0.4, -0.2) is 52.0 Å². The number of benzene rings is 2. The van der Waals surface area contributed by atoms with Gasteiger partial charge in [-0.1, -0.05) is 30.3 Å². The third-order valence-electron chi connectivity index (χ3n) is 6.28. The predicted molar refractivity (Wildman–Crippen MR) is 128 cm³/mol. The number of hydrogen-bond acceptors (Lipinski definition) is 5. The van der Waals surface area contributed by atoms with Gasteiger partial charge in [0.1, 0.15) is 0 Å². The van der Waals surface area contributed by atoms with E-state index in [9.17, 15) is 14.9 Å². The van der Waals surface area contributed by atoms with Gasteiger partial charge in [-0.25, -0.2) is 0 Å². The van der Waals surface area contributed by atoms with Crippen LogP contribution < -0.4 is 0 Å². The fourth-order valence-corrected chi connectivity index (χ4v) is 4.51. The van der Waals surface area contributed by atoms with Crippen LogP contribution in [0.4, 0.5) is 5.69 Å². The number of fused-ring (bicyclic) bond motifs is 1. The molecule has 0 aliphatic carbocycles. The molecule has 1 unspecified atom stereocenters. The molecular weight excluding hydrogens is 432 g/mol. The highest BCUT2D eigenvalue weighted by Crippen LogP contribution is 2.36. The molecule has 1 amide bonds. The van der Waals surface area contributed by atoms with Gasteiger partial charge in [0.05, 0.1) is 23.8 Å². The zero-order valence-corrected chi connectivity index (χ0v) is 18.5. The van der Waals surface area contributed by atoms with Crippen molar-refractivity contribution < 1.29 is 14.5 Å². The molecule has 34 heavy (non-hydrogen) atoms. The fraction of sp³-hybridized carbons (Fsp3) is 0.231. The molecule has 1 N–H and O–H groups in total. The number of H-pyrrole nitrogens is 1. The van der Waals surface area contributed by atoms with Crippen LogP contribution in [0.15, 0.2) is 73.1 Å². The van der Waals surface area contributed by atoms with Gasteiger partial charge in [-0.2, -0.15) is 0 Å². The van der Waals surface area contributed by atoms with Crippen LogP contribution in [0.5, 0.6) is 0 Å². The van der Waals surface area contributed by atoms with Gasteiger partial charge < -0.3 is 14.6 Å². The first-order chi connectivity index (χ1) is 16.6. The number of carbonyl (C=O) groups excluding carboxylic acids is 1. The second-order valence-corrected chi connectivity index (χ2v) is 8.32. The first-order valence-electron chi connectivity index (χ1n) is 11.2. The quantitative estimate of drug-likeness (QED) is 0.340. The SMILES string of the molecule is O=C(CC(c1cccc([N+](=O)[O-])c1)c1c[nH]c2cc(-c3ccccn3)ccc12)N1CCOCC1. The molecule has 2 aromatic carbocycles. The van der Waals surface area contributed by atoms with E-state index in [0.29, 0.717) is 26.3 Å². The number of nitro benzene ring substituents is 1. The average Bonchev–Trinajstić information content (AvgIpc) is 3.31. The van der Waals surface area contributed by atoms with Gasteiger partial charge in [0.2, 0.25) is 5.91 Å². The second-order valence-electron chi connectivity index (χ2n) is 8.32. The molecule has 8 heteroatoms. The molecule has 1 fully saturated rings. The number of non-ortho nitro benzene ring substituents is 1. The second kappa shape index (κ2) is 9.44. The lowest BCUT2D eigenvalue weighted by Gasteiger charge is -2.28. The molecule has 5 rings (SSSR count). The normalized spacial score (nSPS) is 14.8. The summed E-state index contributed by atoms with van der Waals surface area (Å²) in [6.07, 6.45) is 3.88. The summed E-state index contributed by atoms with van der Waals surface area (Å²) in [5, 5.41) is 12.4. The molecule has 1 aliphatic heterocycles. The van der Waals surface area contributed by atoms with Crippen molar-refractivity contribution >= 4 is 22.5 Å². The molecule has 3 heterocycles. The number of carbonyl (C=O) groups is 1. The van der Waals surface area contributed by atoms with Crippen molar-refractivity contribution in [2.45, 2.75) is 12.3 Å². The minimum absolute atomic E-state index is 0.0126. The topological polar surface area (TPSA) is 101 Å². The van der Waals surface area contributed by atoms with Crippen LogP contribution in [0.25, 0.3) is 22.2 Å². The molecule has 172 valence electrons. The van der Waals surface area contributed by atoms with Crippen LogP contribution >= 0.6 is 0 Å². The van der Waals surface area contributed by atoms with E-state index in [1.807, 2.05) is 53.6 Å². The minimum atomic E-state index is -0.404. The Morgan fingerprint density at radius 3 is 2.74 bits per heavy atom. The number of nitrogens with one attached hydrogen (secondary N) is 1. The van der Waals surface area contributed by atoms with Gasteiger partial charge in [0, 0.05) is 66.4 Å². The molecule has 1 atom stereocenters. The molecule has 1 aliphatic rings. The van der Waals surface area contributed by atoms with Gasteiger partial charge in [-0.05, 0) is 29.3 Å². The van der Waals surface area contributed by atoms with Crippen LogP contribution in [0, 0.1) is 10.1 Å². The maximum Gasteiger partial charge on any atom is 0.269 e. The van der Waals surface area contributed by atoms with E-state index in [0.717, 1.165) is 33.3 Å². The highest BCUT2D eigenvalue weighted by Gasteiger charge is 2.26. The van der Waals surface area contributed by atoms with Crippen molar-refractivity contribution in [3.63, 3.8) is 0 Å². The molecule has 1 saturated heterocycles. The highest BCUT2D eigenvalue weighted by molar-refractivity contribution is 5.89. The monoisotopic (exact) mass is 456 g/mol. The number of ether oxygens (including phenoxy) is 1. The third kappa shape index (κ3) is 4.40. The van der Waals surface area contributed by atoms with Crippen molar-refractivity contribution in [2.24, 2.45) is 0 Å². The molecule has 8 nitrogen and oxygen atoms in total. The Hall–Kier alpha value is -4.04. The van der Waals surface area contributed by atoms with Gasteiger partial charge in [0.15, 0.2) is 0 Å². The number of rotatable bonds is 6. The Morgan fingerprint density at radius 1 is 1.12 bits per heavy atom. The van der Waals surface area contributed by atoms with Crippen molar-refractivity contribution in [1.29, 1.82) is 0 Å². The van der Waals surface area contributed by atoms with E-state index in [1.165, 1.54) is 6.07 Å². The van der Waals surface area contributed by atoms with Crippen molar-refractivity contribution in [3.05, 3.63) is 94.3 Å². The Bertz CT molecular complexity index is 1330. The summed E-state index contributed by atoms with van der Waals surface area (Å²) in [7, 11) is 0. The van der Waals surface area contributed by atoms with E-state index in [-0.39, 0.29) is 23.9 Å². The van der Waals surface area contributed by atoms with Crippen molar-refractivity contribution in [3.8, 4) is 11.3 Å². The summed E-state index contributed by atoms with van der Waals surface area (Å²) in [6, 6.07) is 18.4. The van der Waals surface area contributed by atoms with E-state index in [4.69, 9.17) is 4.74 Å². The maximum atomic E-state index is 13.2. The first kappa shape index (κ1) is 21.8. The Labute approximate surface area is 196 Å². The summed E-state index contributed by atoms with van der Waals surface area (Å²) in [6.45, 7) is 2.16. The Morgan fingerprint density at radius 2 is 1.97 bits per heavy atom. The van der Waals surface area contributed by atoms with Crippen LogP contribution in [0.2, 0.25) is 0 Å². The molecule has 0 radical (unpaired) electrons. The summed E-state index contributed by atoms with van der Waals surface area (Å²) >= 11 is 0. The van der Waals surface area contributed by atoms with Gasteiger partial charge >= 0.3 is 0 Å². The highest BCUT2D eigenvalue weighted by atomic mass is 16.6. The molecular formula is C26H24N4O4. The van der Waals surface area contributed by atoms with Crippen molar-refractivity contribution in [2.75, 3.05) is 26.3 Å². The van der Waals surface area contributed by atoms with Gasteiger partial charge in [-0.15, -0.1) is 0 Å². The van der Waals surface area contributed by atoms with E-state index < -0.39 is 4.92 Å². The Balaban J connectivity index is 1.54. The number of hydrogen-bond donors (Lipinski definition) is 1.